The fourth-order valence-electron chi connectivity index (χ4n) is 2.12. The lowest BCUT2D eigenvalue weighted by Crippen LogP contribution is -2.10. The molecule has 0 spiro atoms. The van der Waals surface area contributed by atoms with Crippen LogP contribution in [0.15, 0.2) is 60.7 Å². The predicted molar refractivity (Wildman–Crippen MR) is 96.6 cm³/mol. The molecule has 2 aromatic carbocycles. The van der Waals surface area contributed by atoms with Crippen molar-refractivity contribution in [2.75, 3.05) is 5.32 Å². The summed E-state index contributed by atoms with van der Waals surface area (Å²) in [6.45, 7) is 1.98. The number of benzene rings is 2. The van der Waals surface area contributed by atoms with Crippen molar-refractivity contribution in [1.29, 1.82) is 0 Å². The fraction of sp³-hybridized carbons (Fsp3) is 0.0556. The summed E-state index contributed by atoms with van der Waals surface area (Å²) in [5, 5.41) is 13.4. The monoisotopic (exact) mass is 354 g/mol. The highest BCUT2D eigenvalue weighted by Crippen LogP contribution is 2.31. The Morgan fingerprint density at radius 3 is 2.48 bits per heavy atom. The first-order chi connectivity index (χ1) is 12.0. The van der Waals surface area contributed by atoms with E-state index in [1.165, 1.54) is 12.1 Å². The maximum absolute atomic E-state index is 12.3. The highest BCUT2D eigenvalue weighted by molar-refractivity contribution is 7.17. The van der Waals surface area contributed by atoms with Crippen molar-refractivity contribution < 1.29 is 14.5 Å². The van der Waals surface area contributed by atoms with Crippen LogP contribution in [-0.2, 0) is 0 Å². The number of carbonyl (C=O) groups is 1. The van der Waals surface area contributed by atoms with E-state index in [1.54, 1.807) is 24.3 Å². The van der Waals surface area contributed by atoms with Gasteiger partial charge in [-0.15, -0.1) is 0 Å². The fourth-order valence-corrected chi connectivity index (χ4v) is 2.84. The molecule has 25 heavy (non-hydrogen) atoms. The number of hydrogen-bond acceptors (Lipinski definition) is 5. The molecule has 0 bridgehead atoms. The third-order valence-electron chi connectivity index (χ3n) is 3.38. The van der Waals surface area contributed by atoms with Crippen LogP contribution in [0.25, 0.3) is 0 Å². The molecule has 1 aromatic heterocycles. The minimum Gasteiger partial charge on any atom is -0.455 e. The minimum atomic E-state index is -0.518. The van der Waals surface area contributed by atoms with Crippen molar-refractivity contribution in [3.05, 3.63) is 81.2 Å². The van der Waals surface area contributed by atoms with E-state index in [-0.39, 0.29) is 9.88 Å². The summed E-state index contributed by atoms with van der Waals surface area (Å²) in [4.78, 5) is 22.8. The van der Waals surface area contributed by atoms with Gasteiger partial charge in [-0.2, -0.15) is 0 Å². The van der Waals surface area contributed by atoms with Crippen molar-refractivity contribution in [3.8, 4) is 11.5 Å². The van der Waals surface area contributed by atoms with Gasteiger partial charge in [-0.3, -0.25) is 14.9 Å². The Balaban J connectivity index is 1.79. The first kappa shape index (κ1) is 16.7. The molecule has 0 atom stereocenters. The number of nitro groups is 1. The first-order valence-corrected chi connectivity index (χ1v) is 8.24. The van der Waals surface area contributed by atoms with E-state index in [9.17, 15) is 14.9 Å². The number of anilines is 1. The van der Waals surface area contributed by atoms with Crippen molar-refractivity contribution in [2.45, 2.75) is 6.92 Å². The lowest BCUT2D eigenvalue weighted by molar-refractivity contribution is -0.380. The van der Waals surface area contributed by atoms with Gasteiger partial charge < -0.3 is 10.1 Å². The highest BCUT2D eigenvalue weighted by atomic mass is 32.1. The number of nitrogens with one attached hydrogen (secondary N) is 1. The van der Waals surface area contributed by atoms with E-state index in [4.69, 9.17) is 4.74 Å². The molecule has 0 unspecified atom stereocenters. The first-order valence-electron chi connectivity index (χ1n) is 7.42. The van der Waals surface area contributed by atoms with E-state index in [2.05, 4.69) is 5.32 Å². The Labute approximate surface area is 147 Å². The van der Waals surface area contributed by atoms with Crippen LogP contribution in [0.3, 0.4) is 0 Å². The number of nitrogens with zero attached hydrogens (tertiary/aromatic N) is 1. The molecule has 0 fully saturated rings. The van der Waals surface area contributed by atoms with Crippen LogP contribution in [0.5, 0.6) is 11.5 Å². The molecule has 3 aromatic rings. The molecular formula is C18H14N2O4S. The van der Waals surface area contributed by atoms with E-state index >= 15 is 0 Å². The molecular weight excluding hydrogens is 340 g/mol. The molecule has 0 aliphatic carbocycles. The van der Waals surface area contributed by atoms with Gasteiger partial charge in [0.2, 0.25) is 0 Å². The average Bonchev–Trinajstić information content (AvgIpc) is 3.09. The van der Waals surface area contributed by atoms with Gasteiger partial charge in [0.25, 0.3) is 5.91 Å². The molecule has 1 amide bonds. The van der Waals surface area contributed by atoms with Gasteiger partial charge in [-0.25, -0.2) is 0 Å². The number of rotatable bonds is 5. The normalized spacial score (nSPS) is 10.3. The number of ether oxygens (including phenoxy) is 1. The Hall–Kier alpha value is -3.19. The Morgan fingerprint density at radius 2 is 1.80 bits per heavy atom. The van der Waals surface area contributed by atoms with E-state index in [1.807, 2.05) is 31.2 Å². The lowest BCUT2D eigenvalue weighted by Gasteiger charge is -2.11. The van der Waals surface area contributed by atoms with Gasteiger partial charge >= 0.3 is 5.00 Å². The molecule has 6 nitrogen and oxygen atoms in total. The van der Waals surface area contributed by atoms with E-state index in [0.717, 1.165) is 16.9 Å². The van der Waals surface area contributed by atoms with Crippen molar-refractivity contribution in [2.24, 2.45) is 0 Å². The molecule has 0 saturated heterocycles. The van der Waals surface area contributed by atoms with Gasteiger partial charge in [0.05, 0.1) is 15.5 Å². The molecule has 3 rings (SSSR count). The van der Waals surface area contributed by atoms with Gasteiger partial charge in [-0.05, 0) is 37.3 Å². The SMILES string of the molecule is Cc1ccc(Oc2ccccc2NC(=O)c2ccc([N+](=O)[O-])s2)cc1. The summed E-state index contributed by atoms with van der Waals surface area (Å²) in [6, 6.07) is 17.3. The van der Waals surface area contributed by atoms with Crippen molar-refractivity contribution in [3.63, 3.8) is 0 Å². The largest absolute Gasteiger partial charge is 0.455 e. The van der Waals surface area contributed by atoms with Crippen molar-refractivity contribution >= 4 is 27.9 Å². The molecule has 0 aliphatic heterocycles. The average molecular weight is 354 g/mol. The number of hydrogen-bond donors (Lipinski definition) is 1. The molecule has 1 heterocycles. The summed E-state index contributed by atoms with van der Waals surface area (Å²) >= 11 is 0.828. The highest BCUT2D eigenvalue weighted by Gasteiger charge is 2.16. The lowest BCUT2D eigenvalue weighted by atomic mass is 10.2. The van der Waals surface area contributed by atoms with E-state index < -0.39 is 10.8 Å². The second kappa shape index (κ2) is 7.14. The number of amides is 1. The van der Waals surface area contributed by atoms with Crippen LogP contribution in [-0.4, -0.2) is 10.8 Å². The molecule has 126 valence electrons. The van der Waals surface area contributed by atoms with E-state index in [0.29, 0.717) is 17.2 Å². The maximum Gasteiger partial charge on any atom is 0.324 e. The van der Waals surface area contributed by atoms with Crippen LogP contribution in [0.4, 0.5) is 10.7 Å². The Kier molecular flexibility index (Phi) is 4.76. The second-order valence-electron chi connectivity index (χ2n) is 5.26. The number of aryl methyl sites for hydroxylation is 1. The predicted octanol–water partition coefficient (Wildman–Crippen LogP) is 5.01. The van der Waals surface area contributed by atoms with Crippen LogP contribution in [0.1, 0.15) is 15.2 Å². The minimum absolute atomic E-state index is 0.0747. The summed E-state index contributed by atoms with van der Waals surface area (Å²) in [5.41, 5.74) is 1.61. The van der Waals surface area contributed by atoms with Crippen LogP contribution >= 0.6 is 11.3 Å². The Bertz CT molecular complexity index is 919. The summed E-state index contributed by atoms with van der Waals surface area (Å²) in [5.74, 6) is 0.725. The van der Waals surface area contributed by atoms with Crippen LogP contribution in [0, 0.1) is 17.0 Å². The van der Waals surface area contributed by atoms with Crippen molar-refractivity contribution in [1.82, 2.24) is 0 Å². The quantitative estimate of drug-likeness (QED) is 0.516. The smallest absolute Gasteiger partial charge is 0.324 e. The molecule has 1 N–H and O–H groups in total. The molecule has 7 heteroatoms. The number of carbonyl (C=O) groups excluding carboxylic acids is 1. The zero-order valence-corrected chi connectivity index (χ0v) is 14.1. The summed E-state index contributed by atoms with van der Waals surface area (Å²) in [6.07, 6.45) is 0. The third-order valence-corrected chi connectivity index (χ3v) is 4.42. The topological polar surface area (TPSA) is 81.5 Å². The van der Waals surface area contributed by atoms with Gasteiger partial charge in [0, 0.05) is 6.07 Å². The Morgan fingerprint density at radius 1 is 1.08 bits per heavy atom. The summed E-state index contributed by atoms with van der Waals surface area (Å²) < 4.78 is 5.83. The third kappa shape index (κ3) is 4.02. The maximum atomic E-state index is 12.3. The number of para-hydroxylation sites is 2. The summed E-state index contributed by atoms with van der Waals surface area (Å²) in [7, 11) is 0. The van der Waals surface area contributed by atoms with Gasteiger partial charge in [-0.1, -0.05) is 41.2 Å². The zero-order valence-electron chi connectivity index (χ0n) is 13.3. The zero-order chi connectivity index (χ0) is 17.8. The number of thiophene rings is 1. The standard InChI is InChI=1S/C18H14N2O4S/c1-12-6-8-13(9-7-12)24-15-5-3-2-4-14(15)19-18(21)16-10-11-17(25-16)20(22)23/h2-11H,1H3,(H,19,21). The molecule has 0 aliphatic rings. The van der Waals surface area contributed by atoms with Gasteiger partial charge in [0.15, 0.2) is 5.75 Å². The van der Waals surface area contributed by atoms with Gasteiger partial charge in [0.1, 0.15) is 5.75 Å². The second-order valence-corrected chi connectivity index (χ2v) is 6.32. The van der Waals surface area contributed by atoms with Crippen LogP contribution < -0.4 is 10.1 Å². The molecule has 0 saturated carbocycles. The molecule has 0 radical (unpaired) electrons. The van der Waals surface area contributed by atoms with Crippen LogP contribution in [0.2, 0.25) is 0 Å².